The van der Waals surface area contributed by atoms with Crippen molar-refractivity contribution in [1.29, 1.82) is 0 Å². The molecule has 0 bridgehead atoms. The summed E-state index contributed by atoms with van der Waals surface area (Å²) >= 11 is 0. The Morgan fingerprint density at radius 2 is 2.10 bits per heavy atom. The smallest absolute Gasteiger partial charge is 0.312 e. The summed E-state index contributed by atoms with van der Waals surface area (Å²) < 4.78 is 6.75. The molecule has 0 amide bonds. The van der Waals surface area contributed by atoms with Gasteiger partial charge in [-0.05, 0) is 25.0 Å². The topological polar surface area (TPSA) is 68.8 Å². The molecule has 0 aliphatic carbocycles. The monoisotopic (exact) mass is 273 g/mol. The van der Waals surface area contributed by atoms with Gasteiger partial charge in [-0.25, -0.2) is 9.97 Å². The van der Waals surface area contributed by atoms with Gasteiger partial charge in [-0.2, -0.15) is 0 Å². The summed E-state index contributed by atoms with van der Waals surface area (Å²) in [5.41, 5.74) is 0.839. The second-order valence-corrected chi connectivity index (χ2v) is 4.54. The quantitative estimate of drug-likeness (QED) is 0.604. The van der Waals surface area contributed by atoms with E-state index in [1.807, 2.05) is 19.9 Å². The van der Waals surface area contributed by atoms with Crippen LogP contribution in [0.5, 0.6) is 0 Å². The zero-order chi connectivity index (χ0) is 14.4. The second kappa shape index (κ2) is 6.70. The number of carbonyl (C=O) groups is 1. The first-order chi connectivity index (χ1) is 9.65. The summed E-state index contributed by atoms with van der Waals surface area (Å²) in [6, 6.07) is 3.64. The van der Waals surface area contributed by atoms with Gasteiger partial charge in [0.1, 0.15) is 12.6 Å². The molecule has 20 heavy (non-hydrogen) atoms. The SMILES string of the molecule is CC(C)OC(=O)CC[n+]1ccc(-c2ncccn2)cn1. The highest BCUT2D eigenvalue weighted by atomic mass is 16.5. The number of hydrogen-bond donors (Lipinski definition) is 0. The lowest BCUT2D eigenvalue weighted by molar-refractivity contribution is -0.752. The number of carbonyl (C=O) groups excluding carboxylic acids is 1. The van der Waals surface area contributed by atoms with Crippen LogP contribution < -0.4 is 4.68 Å². The van der Waals surface area contributed by atoms with Crippen LogP contribution >= 0.6 is 0 Å². The number of rotatable bonds is 5. The zero-order valence-corrected chi connectivity index (χ0v) is 11.6. The van der Waals surface area contributed by atoms with Crippen LogP contribution in [0, 0.1) is 0 Å². The molecule has 0 aliphatic heterocycles. The third kappa shape index (κ3) is 4.08. The van der Waals surface area contributed by atoms with Crippen LogP contribution in [-0.4, -0.2) is 27.1 Å². The van der Waals surface area contributed by atoms with Crippen molar-refractivity contribution >= 4 is 5.97 Å². The van der Waals surface area contributed by atoms with E-state index >= 15 is 0 Å². The van der Waals surface area contributed by atoms with E-state index in [1.165, 1.54) is 0 Å². The Bertz CT molecular complexity index is 555. The standard InChI is InChI=1S/C14H17N4O2/c1-11(2)20-13(19)5-9-18-8-4-12(10-17-18)14-15-6-3-7-16-14/h3-4,6-8,10-11H,5,9H2,1-2H3/q+1. The van der Waals surface area contributed by atoms with E-state index in [4.69, 9.17) is 4.74 Å². The normalized spacial score (nSPS) is 10.6. The highest BCUT2D eigenvalue weighted by molar-refractivity contribution is 5.69. The Morgan fingerprint density at radius 3 is 2.70 bits per heavy atom. The van der Waals surface area contributed by atoms with Crippen molar-refractivity contribution in [3.8, 4) is 11.4 Å². The summed E-state index contributed by atoms with van der Waals surface area (Å²) in [4.78, 5) is 19.7. The molecule has 0 unspecified atom stereocenters. The van der Waals surface area contributed by atoms with Crippen LogP contribution in [0.2, 0.25) is 0 Å². The van der Waals surface area contributed by atoms with Gasteiger partial charge < -0.3 is 4.74 Å². The fourth-order valence-electron chi connectivity index (χ4n) is 1.62. The number of aromatic nitrogens is 4. The molecule has 6 nitrogen and oxygen atoms in total. The molecule has 0 radical (unpaired) electrons. The molecule has 0 N–H and O–H groups in total. The average Bonchev–Trinajstić information content (AvgIpc) is 2.46. The molecule has 0 fully saturated rings. The first kappa shape index (κ1) is 14.0. The number of nitrogens with zero attached hydrogens (tertiary/aromatic N) is 4. The fourth-order valence-corrected chi connectivity index (χ4v) is 1.62. The van der Waals surface area contributed by atoms with Crippen molar-refractivity contribution in [3.63, 3.8) is 0 Å². The first-order valence-corrected chi connectivity index (χ1v) is 6.48. The van der Waals surface area contributed by atoms with E-state index in [2.05, 4.69) is 15.1 Å². The summed E-state index contributed by atoms with van der Waals surface area (Å²) in [6.45, 7) is 4.15. The molecule has 2 rings (SSSR count). The summed E-state index contributed by atoms with van der Waals surface area (Å²) in [7, 11) is 0. The summed E-state index contributed by atoms with van der Waals surface area (Å²) in [5.74, 6) is 0.413. The van der Waals surface area contributed by atoms with E-state index in [0.717, 1.165) is 5.56 Å². The van der Waals surface area contributed by atoms with E-state index in [0.29, 0.717) is 18.8 Å². The average molecular weight is 273 g/mol. The fraction of sp³-hybridized carbons (Fsp3) is 0.357. The van der Waals surface area contributed by atoms with Gasteiger partial charge in [-0.3, -0.25) is 4.79 Å². The third-order valence-corrected chi connectivity index (χ3v) is 2.51. The maximum absolute atomic E-state index is 11.4. The Kier molecular flexibility index (Phi) is 4.70. The van der Waals surface area contributed by atoms with Crippen molar-refractivity contribution in [1.82, 2.24) is 15.1 Å². The number of ether oxygens (including phenoxy) is 1. The minimum absolute atomic E-state index is 0.0851. The van der Waals surface area contributed by atoms with E-state index in [9.17, 15) is 4.79 Å². The van der Waals surface area contributed by atoms with Gasteiger partial charge in [0.05, 0.1) is 6.10 Å². The second-order valence-electron chi connectivity index (χ2n) is 4.54. The molecule has 0 aromatic carbocycles. The predicted octanol–water partition coefficient (Wildman–Crippen LogP) is 1.17. The molecular formula is C14H17N4O2+. The van der Waals surface area contributed by atoms with Gasteiger partial charge in [0.15, 0.2) is 18.6 Å². The summed E-state index contributed by atoms with van der Waals surface area (Å²) in [6.07, 6.45) is 7.07. The highest BCUT2D eigenvalue weighted by Gasteiger charge is 2.11. The number of aryl methyl sites for hydroxylation is 1. The third-order valence-electron chi connectivity index (χ3n) is 2.51. The molecule has 0 atom stereocenters. The van der Waals surface area contributed by atoms with Gasteiger partial charge in [0, 0.05) is 24.0 Å². The van der Waals surface area contributed by atoms with Gasteiger partial charge in [0.25, 0.3) is 0 Å². The molecule has 6 heteroatoms. The molecule has 104 valence electrons. The maximum Gasteiger partial charge on any atom is 0.312 e. The van der Waals surface area contributed by atoms with E-state index in [1.54, 1.807) is 35.5 Å². The van der Waals surface area contributed by atoms with Crippen molar-refractivity contribution in [3.05, 3.63) is 36.9 Å². The van der Waals surface area contributed by atoms with Crippen LogP contribution in [0.4, 0.5) is 0 Å². The number of hydrogen-bond acceptors (Lipinski definition) is 5. The predicted molar refractivity (Wildman–Crippen MR) is 71.3 cm³/mol. The van der Waals surface area contributed by atoms with Crippen molar-refractivity contribution in [2.45, 2.75) is 32.9 Å². The van der Waals surface area contributed by atoms with Crippen LogP contribution in [0.25, 0.3) is 11.4 Å². The Morgan fingerprint density at radius 1 is 1.35 bits per heavy atom. The maximum atomic E-state index is 11.4. The van der Waals surface area contributed by atoms with E-state index < -0.39 is 0 Å². The van der Waals surface area contributed by atoms with Crippen molar-refractivity contribution < 1.29 is 14.2 Å². The van der Waals surface area contributed by atoms with Crippen LogP contribution in [0.15, 0.2) is 36.9 Å². The Labute approximate surface area is 117 Å². The molecule has 2 aromatic heterocycles. The lowest BCUT2D eigenvalue weighted by Gasteiger charge is -2.05. The minimum Gasteiger partial charge on any atom is -0.463 e. The molecule has 0 spiro atoms. The van der Waals surface area contributed by atoms with Gasteiger partial charge in [0.2, 0.25) is 0 Å². The largest absolute Gasteiger partial charge is 0.463 e. The van der Waals surface area contributed by atoms with Crippen LogP contribution in [0.1, 0.15) is 20.3 Å². The Balaban J connectivity index is 1.94. The number of esters is 1. The van der Waals surface area contributed by atoms with Crippen LogP contribution in [-0.2, 0) is 16.1 Å². The summed E-state index contributed by atoms with van der Waals surface area (Å²) in [5, 5.41) is 4.24. The van der Waals surface area contributed by atoms with Gasteiger partial charge in [-0.1, -0.05) is 4.68 Å². The molecule has 2 aromatic rings. The molecule has 0 aliphatic rings. The molecule has 0 saturated heterocycles. The molecule has 2 heterocycles. The highest BCUT2D eigenvalue weighted by Crippen LogP contribution is 2.09. The van der Waals surface area contributed by atoms with Crippen LogP contribution in [0.3, 0.4) is 0 Å². The first-order valence-electron chi connectivity index (χ1n) is 6.48. The van der Waals surface area contributed by atoms with Crippen molar-refractivity contribution in [2.75, 3.05) is 0 Å². The van der Waals surface area contributed by atoms with E-state index in [-0.39, 0.29) is 12.1 Å². The molecular weight excluding hydrogens is 256 g/mol. The van der Waals surface area contributed by atoms with Gasteiger partial charge >= 0.3 is 5.97 Å². The molecule has 0 saturated carbocycles. The van der Waals surface area contributed by atoms with Gasteiger partial charge in [-0.15, -0.1) is 0 Å². The Hall–Kier alpha value is -2.37. The van der Waals surface area contributed by atoms with Crippen molar-refractivity contribution in [2.24, 2.45) is 0 Å². The zero-order valence-electron chi connectivity index (χ0n) is 11.6. The minimum atomic E-state index is -0.218. The lowest BCUT2D eigenvalue weighted by atomic mass is 10.3. The lowest BCUT2D eigenvalue weighted by Crippen LogP contribution is -2.38.